The first-order valence-corrected chi connectivity index (χ1v) is 7.31. The standard InChI is InChI=1S/C14H24N4O/c1-4-12-13(5-2)16-17-14(15-12)18-8-6-11(7-9-18)10(3)19/h10-11,19H,4-9H2,1-3H3. The minimum absolute atomic E-state index is 0.213. The van der Waals surface area contributed by atoms with Crippen molar-refractivity contribution in [2.24, 2.45) is 5.92 Å². The normalized spacial score (nSPS) is 18.6. The number of piperidine rings is 1. The third-order valence-corrected chi connectivity index (χ3v) is 4.00. The van der Waals surface area contributed by atoms with E-state index in [9.17, 15) is 5.11 Å². The molecule has 5 heteroatoms. The fourth-order valence-electron chi connectivity index (χ4n) is 2.64. The minimum Gasteiger partial charge on any atom is -0.393 e. The van der Waals surface area contributed by atoms with Gasteiger partial charge in [0.2, 0.25) is 5.95 Å². The second-order valence-electron chi connectivity index (χ2n) is 5.28. The lowest BCUT2D eigenvalue weighted by Gasteiger charge is -2.33. The third-order valence-electron chi connectivity index (χ3n) is 4.00. The van der Waals surface area contributed by atoms with Crippen molar-refractivity contribution in [1.29, 1.82) is 0 Å². The van der Waals surface area contributed by atoms with Crippen LogP contribution in [0.2, 0.25) is 0 Å². The van der Waals surface area contributed by atoms with E-state index in [1.165, 1.54) is 0 Å². The number of nitrogens with zero attached hydrogens (tertiary/aromatic N) is 4. The minimum atomic E-state index is -0.213. The summed E-state index contributed by atoms with van der Waals surface area (Å²) in [4.78, 5) is 6.83. The van der Waals surface area contributed by atoms with E-state index >= 15 is 0 Å². The first-order chi connectivity index (χ1) is 9.15. The van der Waals surface area contributed by atoms with E-state index in [1.807, 2.05) is 6.92 Å². The van der Waals surface area contributed by atoms with Gasteiger partial charge in [0.25, 0.3) is 0 Å². The number of aliphatic hydroxyl groups excluding tert-OH is 1. The van der Waals surface area contributed by atoms with Crippen LogP contribution in [0.5, 0.6) is 0 Å². The maximum absolute atomic E-state index is 9.62. The van der Waals surface area contributed by atoms with Crippen LogP contribution in [0.4, 0.5) is 5.95 Å². The van der Waals surface area contributed by atoms with Crippen LogP contribution >= 0.6 is 0 Å². The highest BCUT2D eigenvalue weighted by Gasteiger charge is 2.24. The zero-order valence-corrected chi connectivity index (χ0v) is 12.1. The lowest BCUT2D eigenvalue weighted by molar-refractivity contribution is 0.109. The summed E-state index contributed by atoms with van der Waals surface area (Å²) in [6.45, 7) is 7.88. The highest BCUT2D eigenvalue weighted by molar-refractivity contribution is 5.31. The Balaban J connectivity index is 2.07. The zero-order chi connectivity index (χ0) is 13.8. The van der Waals surface area contributed by atoms with E-state index in [0.29, 0.717) is 5.92 Å². The lowest BCUT2D eigenvalue weighted by atomic mass is 9.92. The van der Waals surface area contributed by atoms with Crippen LogP contribution < -0.4 is 4.90 Å². The summed E-state index contributed by atoms with van der Waals surface area (Å²) < 4.78 is 0. The predicted molar refractivity (Wildman–Crippen MR) is 75.2 cm³/mol. The molecule has 0 aliphatic carbocycles. The summed E-state index contributed by atoms with van der Waals surface area (Å²) in [6.07, 6.45) is 3.56. The summed E-state index contributed by atoms with van der Waals surface area (Å²) in [7, 11) is 0. The fraction of sp³-hybridized carbons (Fsp3) is 0.786. The molecule has 0 aromatic carbocycles. The van der Waals surface area contributed by atoms with Gasteiger partial charge in [-0.1, -0.05) is 13.8 Å². The van der Waals surface area contributed by atoms with Gasteiger partial charge >= 0.3 is 0 Å². The summed E-state index contributed by atoms with van der Waals surface area (Å²) in [6, 6.07) is 0. The van der Waals surface area contributed by atoms with Crippen LogP contribution in [0, 0.1) is 5.92 Å². The molecular weight excluding hydrogens is 240 g/mol. The zero-order valence-electron chi connectivity index (χ0n) is 12.1. The monoisotopic (exact) mass is 264 g/mol. The molecule has 2 rings (SSSR count). The first-order valence-electron chi connectivity index (χ1n) is 7.31. The molecule has 1 aromatic heterocycles. The number of aliphatic hydroxyl groups is 1. The molecule has 1 aromatic rings. The molecule has 2 heterocycles. The molecule has 0 spiro atoms. The van der Waals surface area contributed by atoms with Gasteiger partial charge in [-0.2, -0.15) is 5.10 Å². The van der Waals surface area contributed by atoms with Gasteiger partial charge in [0.1, 0.15) is 0 Å². The lowest BCUT2D eigenvalue weighted by Crippen LogP contribution is -2.38. The second kappa shape index (κ2) is 6.28. The maximum Gasteiger partial charge on any atom is 0.245 e. The van der Waals surface area contributed by atoms with Crippen LogP contribution in [0.3, 0.4) is 0 Å². The Labute approximate surface area is 115 Å². The number of aromatic nitrogens is 3. The molecule has 1 unspecified atom stereocenters. The van der Waals surface area contributed by atoms with Crippen LogP contribution in [-0.4, -0.2) is 39.5 Å². The number of anilines is 1. The highest BCUT2D eigenvalue weighted by Crippen LogP contribution is 2.23. The molecule has 106 valence electrons. The van der Waals surface area contributed by atoms with Gasteiger partial charge in [-0.3, -0.25) is 0 Å². The summed E-state index contributed by atoms with van der Waals surface area (Å²) in [5.74, 6) is 1.16. The third kappa shape index (κ3) is 3.21. The molecular formula is C14H24N4O. The Morgan fingerprint density at radius 3 is 2.32 bits per heavy atom. The van der Waals surface area contributed by atoms with Crippen LogP contribution in [0.25, 0.3) is 0 Å². The molecule has 5 nitrogen and oxygen atoms in total. The summed E-state index contributed by atoms with van der Waals surface area (Å²) in [5.41, 5.74) is 2.07. The molecule has 1 aliphatic heterocycles. The van der Waals surface area contributed by atoms with Gasteiger partial charge < -0.3 is 10.0 Å². The highest BCUT2D eigenvalue weighted by atomic mass is 16.3. The summed E-state index contributed by atoms with van der Waals surface area (Å²) >= 11 is 0. The van der Waals surface area contributed by atoms with Gasteiger partial charge in [0.15, 0.2) is 0 Å². The van der Waals surface area contributed by atoms with Crippen LogP contribution in [0.1, 0.15) is 45.0 Å². The Morgan fingerprint density at radius 1 is 1.16 bits per heavy atom. The molecule has 1 saturated heterocycles. The van der Waals surface area contributed by atoms with Crippen LogP contribution in [-0.2, 0) is 12.8 Å². The Morgan fingerprint density at radius 2 is 1.79 bits per heavy atom. The SMILES string of the molecule is CCc1nnc(N2CCC(C(C)O)CC2)nc1CC. The van der Waals surface area contributed by atoms with Gasteiger partial charge in [0.05, 0.1) is 17.5 Å². The van der Waals surface area contributed by atoms with E-state index in [-0.39, 0.29) is 6.10 Å². The van der Waals surface area contributed by atoms with Crippen LogP contribution in [0.15, 0.2) is 0 Å². The Kier molecular flexibility index (Phi) is 4.69. The first kappa shape index (κ1) is 14.2. The van der Waals surface area contributed by atoms with Crippen molar-refractivity contribution in [2.45, 2.75) is 52.6 Å². The Bertz CT molecular complexity index is 414. The topological polar surface area (TPSA) is 62.1 Å². The molecule has 0 amide bonds. The predicted octanol–water partition coefficient (Wildman–Crippen LogP) is 1.59. The Hall–Kier alpha value is -1.23. The molecule has 0 saturated carbocycles. The molecule has 19 heavy (non-hydrogen) atoms. The molecule has 0 bridgehead atoms. The number of hydrogen-bond acceptors (Lipinski definition) is 5. The van der Waals surface area contributed by atoms with Gasteiger partial charge in [-0.15, -0.1) is 5.10 Å². The van der Waals surface area contributed by atoms with Gasteiger partial charge in [-0.05, 0) is 38.5 Å². The van der Waals surface area contributed by atoms with E-state index in [0.717, 1.165) is 56.1 Å². The molecule has 1 N–H and O–H groups in total. The van der Waals surface area contributed by atoms with Gasteiger partial charge in [0, 0.05) is 13.1 Å². The number of rotatable bonds is 4. The largest absolute Gasteiger partial charge is 0.393 e. The molecule has 1 atom stereocenters. The van der Waals surface area contributed by atoms with E-state index in [4.69, 9.17) is 0 Å². The molecule has 0 radical (unpaired) electrons. The van der Waals surface area contributed by atoms with Crippen molar-refractivity contribution in [2.75, 3.05) is 18.0 Å². The van der Waals surface area contributed by atoms with Crippen molar-refractivity contribution < 1.29 is 5.11 Å². The average Bonchev–Trinajstić information content (AvgIpc) is 2.46. The van der Waals surface area contributed by atoms with Crippen molar-refractivity contribution in [1.82, 2.24) is 15.2 Å². The van der Waals surface area contributed by atoms with Gasteiger partial charge in [-0.25, -0.2) is 4.98 Å². The molecule has 1 aliphatic rings. The van der Waals surface area contributed by atoms with Crippen molar-refractivity contribution >= 4 is 5.95 Å². The van der Waals surface area contributed by atoms with Crippen molar-refractivity contribution in [3.05, 3.63) is 11.4 Å². The molecule has 1 fully saturated rings. The summed E-state index contributed by atoms with van der Waals surface area (Å²) in [5, 5.41) is 18.2. The average molecular weight is 264 g/mol. The second-order valence-corrected chi connectivity index (χ2v) is 5.28. The number of aryl methyl sites for hydroxylation is 2. The van der Waals surface area contributed by atoms with E-state index in [1.54, 1.807) is 0 Å². The quantitative estimate of drug-likeness (QED) is 0.895. The van der Waals surface area contributed by atoms with Crippen molar-refractivity contribution in [3.8, 4) is 0 Å². The maximum atomic E-state index is 9.62. The fourth-order valence-corrected chi connectivity index (χ4v) is 2.64. The number of hydrogen-bond donors (Lipinski definition) is 1. The van der Waals surface area contributed by atoms with E-state index < -0.39 is 0 Å². The van der Waals surface area contributed by atoms with Crippen molar-refractivity contribution in [3.63, 3.8) is 0 Å². The smallest absolute Gasteiger partial charge is 0.245 e. The van der Waals surface area contributed by atoms with E-state index in [2.05, 4.69) is 33.9 Å².